The van der Waals surface area contributed by atoms with Crippen molar-refractivity contribution in [2.75, 3.05) is 32.9 Å². The van der Waals surface area contributed by atoms with Crippen LogP contribution in [0.25, 0.3) is 0 Å². The van der Waals surface area contributed by atoms with Crippen molar-refractivity contribution in [1.29, 1.82) is 0 Å². The van der Waals surface area contributed by atoms with Crippen molar-refractivity contribution in [3.63, 3.8) is 0 Å². The van der Waals surface area contributed by atoms with Crippen LogP contribution in [0.3, 0.4) is 0 Å². The monoisotopic (exact) mass is 345 g/mol. The molecule has 0 spiro atoms. The van der Waals surface area contributed by atoms with Crippen LogP contribution in [-0.4, -0.2) is 38.9 Å². The van der Waals surface area contributed by atoms with Crippen molar-refractivity contribution in [2.24, 2.45) is 10.9 Å². The van der Waals surface area contributed by atoms with Gasteiger partial charge in [-0.05, 0) is 38.2 Å². The summed E-state index contributed by atoms with van der Waals surface area (Å²) in [6.45, 7) is 10.2. The minimum atomic E-state index is 0.500. The predicted molar refractivity (Wildman–Crippen MR) is 103 cm³/mol. The summed E-state index contributed by atoms with van der Waals surface area (Å²) >= 11 is 0. The van der Waals surface area contributed by atoms with E-state index in [4.69, 9.17) is 9.47 Å². The van der Waals surface area contributed by atoms with E-state index in [1.807, 2.05) is 24.3 Å². The van der Waals surface area contributed by atoms with Crippen molar-refractivity contribution in [2.45, 2.75) is 32.7 Å². The molecule has 0 bridgehead atoms. The third-order valence-electron chi connectivity index (χ3n) is 3.89. The Labute approximate surface area is 151 Å². The molecule has 5 nitrogen and oxygen atoms in total. The molecule has 2 rings (SSSR count). The van der Waals surface area contributed by atoms with E-state index in [0.29, 0.717) is 13.2 Å². The van der Waals surface area contributed by atoms with Crippen LogP contribution in [0.5, 0.6) is 5.75 Å². The summed E-state index contributed by atoms with van der Waals surface area (Å²) < 4.78 is 11.3. The number of aliphatic imine (C=N–C) groups is 1. The van der Waals surface area contributed by atoms with Gasteiger partial charge in [-0.2, -0.15) is 0 Å². The zero-order valence-electron chi connectivity index (χ0n) is 15.3. The number of ether oxygens (including phenoxy) is 2. The Morgan fingerprint density at radius 2 is 2.16 bits per heavy atom. The first-order valence-electron chi connectivity index (χ1n) is 9.25. The average molecular weight is 345 g/mol. The van der Waals surface area contributed by atoms with Gasteiger partial charge in [0.1, 0.15) is 12.4 Å². The van der Waals surface area contributed by atoms with E-state index in [2.05, 4.69) is 29.1 Å². The number of guanidine groups is 1. The highest BCUT2D eigenvalue weighted by Gasteiger charge is 2.20. The van der Waals surface area contributed by atoms with E-state index in [9.17, 15) is 0 Å². The van der Waals surface area contributed by atoms with Crippen LogP contribution in [0.4, 0.5) is 0 Å². The van der Waals surface area contributed by atoms with Gasteiger partial charge in [0.05, 0.1) is 6.54 Å². The third-order valence-corrected chi connectivity index (χ3v) is 3.89. The molecule has 1 aromatic carbocycles. The highest BCUT2D eigenvalue weighted by molar-refractivity contribution is 5.79. The Morgan fingerprint density at radius 3 is 2.92 bits per heavy atom. The minimum Gasteiger partial charge on any atom is -0.489 e. The second-order valence-corrected chi connectivity index (χ2v) is 6.20. The molecule has 0 amide bonds. The van der Waals surface area contributed by atoms with Gasteiger partial charge in [0, 0.05) is 31.9 Å². The normalized spacial score (nSPS) is 14.2. The molecule has 138 valence electrons. The van der Waals surface area contributed by atoms with Crippen molar-refractivity contribution in [3.05, 3.63) is 42.5 Å². The molecule has 0 aliphatic heterocycles. The Morgan fingerprint density at radius 1 is 1.32 bits per heavy atom. The first kappa shape index (κ1) is 19.3. The van der Waals surface area contributed by atoms with Crippen LogP contribution >= 0.6 is 0 Å². The summed E-state index contributed by atoms with van der Waals surface area (Å²) in [5.41, 5.74) is 1.06. The molecule has 0 atom stereocenters. The first-order valence-corrected chi connectivity index (χ1v) is 9.25. The van der Waals surface area contributed by atoms with Crippen LogP contribution in [0, 0.1) is 5.92 Å². The zero-order valence-corrected chi connectivity index (χ0v) is 15.3. The fraction of sp³-hybridized carbons (Fsp3) is 0.550. The maximum Gasteiger partial charge on any atom is 0.191 e. The topological polar surface area (TPSA) is 54.9 Å². The number of nitrogens with zero attached hydrogens (tertiary/aromatic N) is 1. The highest BCUT2D eigenvalue weighted by atomic mass is 16.5. The average Bonchev–Trinajstić information content (AvgIpc) is 3.45. The molecule has 1 aromatic rings. The predicted octanol–water partition coefficient (Wildman–Crippen LogP) is 3.12. The number of hydrogen-bond acceptors (Lipinski definition) is 3. The van der Waals surface area contributed by atoms with Gasteiger partial charge in [0.2, 0.25) is 0 Å². The molecule has 2 N–H and O–H groups in total. The van der Waals surface area contributed by atoms with Crippen molar-refractivity contribution >= 4 is 5.96 Å². The second-order valence-electron chi connectivity index (χ2n) is 6.20. The largest absolute Gasteiger partial charge is 0.489 e. The standard InChI is InChI=1S/C20H31N3O2/c1-3-13-25-19-9-6-5-8-18(19)15-23-20(21-4-2)22-12-7-14-24-16-17-10-11-17/h3,5-6,8-9,17H,1,4,7,10-16H2,2H3,(H2,21,22,23). The zero-order chi connectivity index (χ0) is 17.7. The van der Waals surface area contributed by atoms with E-state index >= 15 is 0 Å². The molecular weight excluding hydrogens is 314 g/mol. The lowest BCUT2D eigenvalue weighted by Crippen LogP contribution is -2.38. The summed E-state index contributed by atoms with van der Waals surface area (Å²) in [4.78, 5) is 4.66. The lowest BCUT2D eigenvalue weighted by molar-refractivity contribution is 0.123. The summed E-state index contributed by atoms with van der Waals surface area (Å²) in [6, 6.07) is 7.98. The molecule has 0 radical (unpaired) electrons. The van der Waals surface area contributed by atoms with Gasteiger partial charge in [-0.15, -0.1) is 0 Å². The summed E-state index contributed by atoms with van der Waals surface area (Å²) in [5.74, 6) is 2.51. The van der Waals surface area contributed by atoms with Crippen molar-refractivity contribution in [3.8, 4) is 5.75 Å². The molecule has 5 heteroatoms. The lowest BCUT2D eigenvalue weighted by Gasteiger charge is -2.12. The van der Waals surface area contributed by atoms with E-state index in [1.165, 1.54) is 12.8 Å². The lowest BCUT2D eigenvalue weighted by atomic mass is 10.2. The van der Waals surface area contributed by atoms with Crippen LogP contribution in [0.1, 0.15) is 31.7 Å². The maximum absolute atomic E-state index is 5.68. The van der Waals surface area contributed by atoms with E-state index in [-0.39, 0.29) is 0 Å². The van der Waals surface area contributed by atoms with Gasteiger partial charge >= 0.3 is 0 Å². The Hall–Kier alpha value is -2.01. The quantitative estimate of drug-likeness (QED) is 0.264. The molecule has 1 aliphatic carbocycles. The van der Waals surface area contributed by atoms with Gasteiger partial charge in [0.15, 0.2) is 5.96 Å². The van der Waals surface area contributed by atoms with Crippen molar-refractivity contribution in [1.82, 2.24) is 10.6 Å². The first-order chi connectivity index (χ1) is 12.3. The van der Waals surface area contributed by atoms with Crippen LogP contribution in [-0.2, 0) is 11.3 Å². The number of hydrogen-bond donors (Lipinski definition) is 2. The van der Waals surface area contributed by atoms with Crippen LogP contribution in [0.15, 0.2) is 41.9 Å². The summed E-state index contributed by atoms with van der Waals surface area (Å²) in [7, 11) is 0. The van der Waals surface area contributed by atoms with Gasteiger partial charge in [0.25, 0.3) is 0 Å². The van der Waals surface area contributed by atoms with Gasteiger partial charge in [-0.3, -0.25) is 0 Å². The van der Waals surface area contributed by atoms with Gasteiger partial charge in [-0.25, -0.2) is 4.99 Å². The fourth-order valence-corrected chi connectivity index (χ4v) is 2.35. The Kier molecular flexibility index (Phi) is 8.91. The fourth-order valence-electron chi connectivity index (χ4n) is 2.35. The highest BCUT2D eigenvalue weighted by Crippen LogP contribution is 2.28. The van der Waals surface area contributed by atoms with Gasteiger partial charge < -0.3 is 20.1 Å². The Bertz CT molecular complexity index is 541. The molecule has 0 unspecified atom stereocenters. The van der Waals surface area contributed by atoms with Crippen LogP contribution in [0.2, 0.25) is 0 Å². The van der Waals surface area contributed by atoms with E-state index in [0.717, 1.165) is 55.9 Å². The van der Waals surface area contributed by atoms with Crippen LogP contribution < -0.4 is 15.4 Å². The van der Waals surface area contributed by atoms with E-state index < -0.39 is 0 Å². The smallest absolute Gasteiger partial charge is 0.191 e. The number of benzene rings is 1. The molecule has 1 fully saturated rings. The molecule has 0 heterocycles. The third kappa shape index (κ3) is 8.07. The summed E-state index contributed by atoms with van der Waals surface area (Å²) in [6.07, 6.45) is 5.41. The van der Waals surface area contributed by atoms with Crippen molar-refractivity contribution < 1.29 is 9.47 Å². The number of para-hydroxylation sites is 1. The number of nitrogens with one attached hydrogen (secondary N) is 2. The molecule has 1 aliphatic rings. The molecule has 1 saturated carbocycles. The summed E-state index contributed by atoms with van der Waals surface area (Å²) in [5, 5.41) is 6.63. The molecular formula is C20H31N3O2. The molecule has 0 aromatic heterocycles. The molecule has 0 saturated heterocycles. The molecule has 25 heavy (non-hydrogen) atoms. The maximum atomic E-state index is 5.68. The number of rotatable bonds is 12. The van der Waals surface area contributed by atoms with E-state index in [1.54, 1.807) is 6.08 Å². The minimum absolute atomic E-state index is 0.500. The van der Waals surface area contributed by atoms with Gasteiger partial charge in [-0.1, -0.05) is 30.9 Å². The second kappa shape index (κ2) is 11.5. The Balaban J connectivity index is 1.76. The SMILES string of the molecule is C=CCOc1ccccc1CN=C(NCC)NCCCOCC1CC1.